The van der Waals surface area contributed by atoms with E-state index in [0.717, 1.165) is 12.1 Å². The highest BCUT2D eigenvalue weighted by Gasteiger charge is 2.18. The molecule has 1 unspecified atom stereocenters. The zero-order valence-electron chi connectivity index (χ0n) is 15.6. The number of allylic oxidation sites excluding steroid dienone is 1. The maximum Gasteiger partial charge on any atom is 0.269 e. The minimum absolute atomic E-state index is 0.178. The van der Waals surface area contributed by atoms with Gasteiger partial charge in [0, 0.05) is 25.2 Å². The lowest BCUT2D eigenvalue weighted by Crippen LogP contribution is -2.29. The Hall–Kier alpha value is -2.35. The van der Waals surface area contributed by atoms with Crippen molar-refractivity contribution in [3.05, 3.63) is 35.0 Å². The molecule has 0 spiro atoms. The minimum Gasteiger partial charge on any atom is -0.354 e. The number of pyridine rings is 1. The van der Waals surface area contributed by atoms with E-state index in [4.69, 9.17) is 0 Å². The third-order valence-electron chi connectivity index (χ3n) is 4.04. The van der Waals surface area contributed by atoms with E-state index in [0.29, 0.717) is 34.6 Å². The molecule has 0 bridgehead atoms. The van der Waals surface area contributed by atoms with Crippen LogP contribution in [0.4, 0.5) is 5.69 Å². The Bertz CT molecular complexity index is 715. The van der Waals surface area contributed by atoms with E-state index in [-0.39, 0.29) is 11.8 Å². The fourth-order valence-corrected chi connectivity index (χ4v) is 3.21. The molecule has 26 heavy (non-hydrogen) atoms. The summed E-state index contributed by atoms with van der Waals surface area (Å²) in [4.78, 5) is 28.8. The highest BCUT2D eigenvalue weighted by Crippen LogP contribution is 2.24. The van der Waals surface area contributed by atoms with Gasteiger partial charge in [-0.2, -0.15) is 5.10 Å². The van der Waals surface area contributed by atoms with Gasteiger partial charge in [-0.05, 0) is 32.4 Å². The predicted octanol–water partition coefficient (Wildman–Crippen LogP) is 2.83. The Balaban J connectivity index is 2.05. The van der Waals surface area contributed by atoms with E-state index in [1.54, 1.807) is 19.2 Å². The summed E-state index contributed by atoms with van der Waals surface area (Å²) in [5, 5.41) is 12.0. The second kappa shape index (κ2) is 9.38. The van der Waals surface area contributed by atoms with Crippen LogP contribution in [-0.4, -0.2) is 46.5 Å². The molecule has 0 aliphatic carbocycles. The van der Waals surface area contributed by atoms with Gasteiger partial charge in [0.25, 0.3) is 11.8 Å². The maximum atomic E-state index is 12.6. The second-order valence-corrected chi connectivity index (χ2v) is 7.03. The number of hydrogen-bond acceptors (Lipinski definition) is 6. The number of carbonyl (C=O) groups excluding carboxylic acids is 2. The van der Waals surface area contributed by atoms with Crippen LogP contribution in [-0.2, 0) is 4.79 Å². The predicted molar refractivity (Wildman–Crippen MR) is 106 cm³/mol. The topological polar surface area (TPSA) is 86.7 Å². The molecule has 0 radical (unpaired) electrons. The van der Waals surface area contributed by atoms with Crippen LogP contribution in [0.2, 0.25) is 0 Å². The zero-order chi connectivity index (χ0) is 19.1. The minimum atomic E-state index is -0.263. The lowest BCUT2D eigenvalue weighted by Gasteiger charge is -2.27. The number of nitrogens with zero attached hydrogens (tertiary/aromatic N) is 3. The quantitative estimate of drug-likeness (QED) is 0.826. The van der Waals surface area contributed by atoms with Crippen LogP contribution in [0.15, 0.2) is 34.4 Å². The fraction of sp³-hybridized carbons (Fsp3) is 0.444. The molecule has 1 aromatic rings. The fourth-order valence-electron chi connectivity index (χ4n) is 2.24. The van der Waals surface area contributed by atoms with Gasteiger partial charge >= 0.3 is 0 Å². The number of hydrogen-bond donors (Lipinski definition) is 2. The van der Waals surface area contributed by atoms with E-state index >= 15 is 0 Å². The van der Waals surface area contributed by atoms with E-state index < -0.39 is 0 Å². The van der Waals surface area contributed by atoms with Gasteiger partial charge in [0.1, 0.15) is 5.69 Å². The smallest absolute Gasteiger partial charge is 0.269 e. The summed E-state index contributed by atoms with van der Waals surface area (Å²) in [7, 11) is 1.55. The summed E-state index contributed by atoms with van der Waals surface area (Å²) in [6.45, 7) is 6.22. The highest BCUT2D eigenvalue weighted by atomic mass is 32.2. The van der Waals surface area contributed by atoms with Crippen molar-refractivity contribution in [3.8, 4) is 0 Å². The first kappa shape index (κ1) is 20.0. The first-order valence-corrected chi connectivity index (χ1v) is 9.56. The van der Waals surface area contributed by atoms with Gasteiger partial charge in [0.2, 0.25) is 0 Å². The first-order chi connectivity index (χ1) is 12.4. The Morgan fingerprint density at radius 2 is 2.12 bits per heavy atom. The molecule has 0 fully saturated rings. The molecule has 140 valence electrons. The number of rotatable bonds is 5. The molecule has 1 aromatic heterocycles. The molecule has 0 saturated heterocycles. The maximum absolute atomic E-state index is 12.6. The third kappa shape index (κ3) is 5.32. The van der Waals surface area contributed by atoms with Crippen molar-refractivity contribution in [2.45, 2.75) is 39.7 Å². The zero-order valence-corrected chi connectivity index (χ0v) is 16.4. The van der Waals surface area contributed by atoms with Gasteiger partial charge in [0.15, 0.2) is 0 Å². The van der Waals surface area contributed by atoms with Crippen molar-refractivity contribution in [2.24, 2.45) is 5.10 Å². The van der Waals surface area contributed by atoms with Gasteiger partial charge in [-0.25, -0.2) is 4.98 Å². The summed E-state index contributed by atoms with van der Waals surface area (Å²) in [5.41, 5.74) is 1.84. The lowest BCUT2D eigenvalue weighted by atomic mass is 10.2. The number of nitrogens with one attached hydrogen (secondary N) is 2. The van der Waals surface area contributed by atoms with Crippen molar-refractivity contribution < 1.29 is 9.59 Å². The summed E-state index contributed by atoms with van der Waals surface area (Å²) < 4.78 is 0. The summed E-state index contributed by atoms with van der Waals surface area (Å²) in [6, 6.07) is 3.57. The average Bonchev–Trinajstić information content (AvgIpc) is 2.64. The molecule has 2 N–H and O–H groups in total. The number of hydrazone groups is 1. The molecule has 1 aliphatic rings. The van der Waals surface area contributed by atoms with Crippen LogP contribution in [0.1, 0.15) is 44.1 Å². The van der Waals surface area contributed by atoms with Gasteiger partial charge < -0.3 is 10.6 Å². The van der Waals surface area contributed by atoms with Gasteiger partial charge in [-0.3, -0.25) is 14.6 Å². The molecule has 0 saturated carbocycles. The van der Waals surface area contributed by atoms with Crippen LogP contribution in [0.5, 0.6) is 0 Å². The molecule has 7 nitrogen and oxygen atoms in total. The van der Waals surface area contributed by atoms with Crippen LogP contribution < -0.4 is 10.6 Å². The van der Waals surface area contributed by atoms with E-state index in [9.17, 15) is 9.59 Å². The third-order valence-corrected chi connectivity index (χ3v) is 5.10. The van der Waals surface area contributed by atoms with Crippen LogP contribution in [0.3, 0.4) is 0 Å². The molecular formula is C18H25N5O2S. The highest BCUT2D eigenvalue weighted by molar-refractivity contribution is 8.03. The Labute approximate surface area is 158 Å². The normalized spacial score (nSPS) is 19.9. The Kier molecular flexibility index (Phi) is 7.20. The SMILES string of the molecule is CCC(C)N1CS/C(C(=O)Nc2ccc(C(=O)NC)nc2)=C\C/C(C)=N\1. The van der Waals surface area contributed by atoms with Crippen molar-refractivity contribution in [3.63, 3.8) is 0 Å². The molecule has 2 amide bonds. The summed E-state index contributed by atoms with van der Waals surface area (Å²) in [6.07, 6.45) is 5.01. The standard InChI is InChI=1S/C18H25N5O2S/c1-5-13(3)23-11-26-16(9-6-12(2)22-23)18(25)21-14-7-8-15(20-10-14)17(24)19-4/h7-10,13H,5-6,11H2,1-4H3,(H,19,24)(H,21,25)/b16-9-,22-12-. The van der Waals surface area contributed by atoms with Crippen molar-refractivity contribution in [1.29, 1.82) is 0 Å². The largest absolute Gasteiger partial charge is 0.354 e. The van der Waals surface area contributed by atoms with Gasteiger partial charge in [-0.15, -0.1) is 0 Å². The second-order valence-electron chi connectivity index (χ2n) is 6.04. The van der Waals surface area contributed by atoms with Crippen molar-refractivity contribution in [2.75, 3.05) is 18.2 Å². The average molecular weight is 375 g/mol. The van der Waals surface area contributed by atoms with Crippen molar-refractivity contribution >= 4 is 35.0 Å². The molecule has 2 rings (SSSR count). The van der Waals surface area contributed by atoms with E-state index in [2.05, 4.69) is 34.6 Å². The summed E-state index contributed by atoms with van der Waals surface area (Å²) >= 11 is 1.47. The first-order valence-electron chi connectivity index (χ1n) is 8.57. The van der Waals surface area contributed by atoms with E-state index in [1.807, 2.05) is 18.0 Å². The molecule has 0 aromatic carbocycles. The van der Waals surface area contributed by atoms with Crippen LogP contribution >= 0.6 is 11.8 Å². The summed E-state index contributed by atoms with van der Waals surface area (Å²) in [5.74, 6) is 0.184. The van der Waals surface area contributed by atoms with Crippen LogP contribution in [0, 0.1) is 0 Å². The number of aromatic nitrogens is 1. The molecular weight excluding hydrogens is 350 g/mol. The molecule has 2 heterocycles. The number of anilines is 1. The Morgan fingerprint density at radius 1 is 1.35 bits per heavy atom. The van der Waals surface area contributed by atoms with Gasteiger partial charge in [-0.1, -0.05) is 24.8 Å². The molecule has 1 atom stereocenters. The van der Waals surface area contributed by atoms with Gasteiger partial charge in [0.05, 0.1) is 22.7 Å². The molecule has 1 aliphatic heterocycles. The number of amides is 2. The van der Waals surface area contributed by atoms with E-state index in [1.165, 1.54) is 18.0 Å². The number of thioether (sulfide) groups is 1. The number of carbonyl (C=O) groups is 2. The molecule has 8 heteroatoms. The monoisotopic (exact) mass is 375 g/mol. The van der Waals surface area contributed by atoms with Crippen molar-refractivity contribution in [1.82, 2.24) is 15.3 Å². The van der Waals surface area contributed by atoms with Crippen LogP contribution in [0.25, 0.3) is 0 Å². The Morgan fingerprint density at radius 3 is 2.73 bits per heavy atom. The lowest BCUT2D eigenvalue weighted by molar-refractivity contribution is -0.112.